The van der Waals surface area contributed by atoms with E-state index in [1.807, 2.05) is 42.7 Å². The SMILES string of the molecule is Cc1ccc(Cl)c(NC(=O)[C@H](C)SC(=S)N2C[C@@H]3C[C@@H](C2)c2cccc(=O)n2C3)c1. The van der Waals surface area contributed by atoms with Crippen LogP contribution >= 0.6 is 35.6 Å². The second-order valence-electron chi connectivity index (χ2n) is 8.10. The van der Waals surface area contributed by atoms with Crippen molar-refractivity contribution in [1.29, 1.82) is 0 Å². The zero-order chi connectivity index (χ0) is 21.4. The van der Waals surface area contributed by atoms with Gasteiger partial charge in [0.05, 0.1) is 16.0 Å². The lowest BCUT2D eigenvalue weighted by Crippen LogP contribution is -2.48. The summed E-state index contributed by atoms with van der Waals surface area (Å²) < 4.78 is 2.64. The van der Waals surface area contributed by atoms with Crippen LogP contribution in [-0.4, -0.2) is 38.0 Å². The van der Waals surface area contributed by atoms with Crippen molar-refractivity contribution in [2.24, 2.45) is 5.92 Å². The van der Waals surface area contributed by atoms with Crippen LogP contribution < -0.4 is 10.9 Å². The Labute approximate surface area is 190 Å². The van der Waals surface area contributed by atoms with E-state index in [2.05, 4.69) is 10.2 Å². The second-order valence-corrected chi connectivity index (χ2v) is 10.5. The molecule has 0 unspecified atom stereocenters. The van der Waals surface area contributed by atoms with Crippen LogP contribution in [0.15, 0.2) is 41.2 Å². The normalized spacial score (nSPS) is 21.0. The highest BCUT2D eigenvalue weighted by molar-refractivity contribution is 8.23. The summed E-state index contributed by atoms with van der Waals surface area (Å²) in [6, 6.07) is 11.1. The molecule has 0 saturated carbocycles. The Bertz CT molecular complexity index is 1050. The molecule has 1 saturated heterocycles. The monoisotopic (exact) mass is 461 g/mol. The van der Waals surface area contributed by atoms with E-state index in [9.17, 15) is 9.59 Å². The van der Waals surface area contributed by atoms with Crippen molar-refractivity contribution in [3.63, 3.8) is 0 Å². The van der Waals surface area contributed by atoms with Gasteiger partial charge in [-0.25, -0.2) is 0 Å². The largest absolute Gasteiger partial charge is 0.356 e. The van der Waals surface area contributed by atoms with Crippen molar-refractivity contribution in [3.05, 3.63) is 63.0 Å². The number of carbonyl (C=O) groups excluding carboxylic acids is 1. The standard InChI is InChI=1S/C22H24ClN3O2S2/c1-13-6-7-17(23)18(8-13)24-21(28)14(2)30-22(29)25-10-15-9-16(12-25)19-4-3-5-20(27)26(19)11-15/h3-8,14-16H,9-12H2,1-2H3,(H,24,28)/t14-,15-,16-/m0/s1. The molecule has 3 heterocycles. The number of thiocarbonyl (C=S) groups is 1. The number of nitrogens with one attached hydrogen (secondary N) is 1. The van der Waals surface area contributed by atoms with E-state index in [0.717, 1.165) is 41.6 Å². The van der Waals surface area contributed by atoms with Crippen LogP contribution in [0.5, 0.6) is 0 Å². The van der Waals surface area contributed by atoms with Gasteiger partial charge in [0.2, 0.25) is 5.91 Å². The number of piperidine rings is 1. The molecule has 1 amide bonds. The fourth-order valence-electron chi connectivity index (χ4n) is 4.29. The molecule has 1 aromatic carbocycles. The van der Waals surface area contributed by atoms with Gasteiger partial charge in [0.15, 0.2) is 0 Å². The minimum atomic E-state index is -0.342. The molecule has 1 fully saturated rings. The molecule has 2 bridgehead atoms. The maximum Gasteiger partial charge on any atom is 0.250 e. The molecule has 0 spiro atoms. The number of rotatable bonds is 3. The van der Waals surface area contributed by atoms with Crippen LogP contribution in [0.3, 0.4) is 0 Å². The molecule has 8 heteroatoms. The van der Waals surface area contributed by atoms with Gasteiger partial charge >= 0.3 is 0 Å². The zero-order valence-corrected chi connectivity index (χ0v) is 19.3. The maximum atomic E-state index is 12.7. The smallest absolute Gasteiger partial charge is 0.250 e. The second kappa shape index (κ2) is 8.73. The summed E-state index contributed by atoms with van der Waals surface area (Å²) in [6.45, 7) is 6.15. The van der Waals surface area contributed by atoms with Gasteiger partial charge in [-0.15, -0.1) is 0 Å². The first kappa shape index (κ1) is 21.4. The fraction of sp³-hybridized carbons (Fsp3) is 0.409. The zero-order valence-electron chi connectivity index (χ0n) is 16.9. The van der Waals surface area contributed by atoms with E-state index >= 15 is 0 Å². The summed E-state index contributed by atoms with van der Waals surface area (Å²) in [7, 11) is 0. The van der Waals surface area contributed by atoms with Crippen LogP contribution in [0.4, 0.5) is 5.69 Å². The number of hydrogen-bond donors (Lipinski definition) is 1. The number of pyridine rings is 1. The van der Waals surface area contributed by atoms with Gasteiger partial charge in [-0.1, -0.05) is 47.7 Å². The first-order chi connectivity index (χ1) is 14.3. The molecule has 0 aliphatic carbocycles. The van der Waals surface area contributed by atoms with Crippen LogP contribution in [0.25, 0.3) is 0 Å². The van der Waals surface area contributed by atoms with Crippen LogP contribution in [0.1, 0.15) is 30.5 Å². The molecule has 0 radical (unpaired) electrons. The van der Waals surface area contributed by atoms with Gasteiger partial charge in [-0.05, 0) is 49.9 Å². The molecule has 3 atom stereocenters. The molecule has 2 aromatic rings. The summed E-state index contributed by atoms with van der Waals surface area (Å²) in [5.41, 5.74) is 2.82. The number of amides is 1. The van der Waals surface area contributed by atoms with Crippen molar-refractivity contribution in [3.8, 4) is 0 Å². The Morgan fingerprint density at radius 1 is 1.27 bits per heavy atom. The van der Waals surface area contributed by atoms with Crippen LogP contribution in [0, 0.1) is 12.8 Å². The summed E-state index contributed by atoms with van der Waals surface area (Å²) in [5, 5.41) is 3.09. The van der Waals surface area contributed by atoms with E-state index in [-0.39, 0.29) is 16.7 Å². The Balaban J connectivity index is 1.40. The molecule has 4 rings (SSSR count). The van der Waals surface area contributed by atoms with Gasteiger partial charge in [0.1, 0.15) is 4.32 Å². The number of hydrogen-bond acceptors (Lipinski definition) is 4. The quantitative estimate of drug-likeness (QED) is 0.691. The predicted octanol–water partition coefficient (Wildman–Crippen LogP) is 4.27. The molecular weight excluding hydrogens is 438 g/mol. The molecule has 30 heavy (non-hydrogen) atoms. The van der Waals surface area contributed by atoms with E-state index in [0.29, 0.717) is 22.5 Å². The third kappa shape index (κ3) is 4.43. The number of anilines is 1. The molecule has 2 aliphatic heterocycles. The minimum Gasteiger partial charge on any atom is -0.356 e. The van der Waals surface area contributed by atoms with Crippen LogP contribution in [0.2, 0.25) is 5.02 Å². The molecule has 5 nitrogen and oxygen atoms in total. The van der Waals surface area contributed by atoms with Crippen molar-refractivity contribution >= 4 is 51.5 Å². The van der Waals surface area contributed by atoms with Gasteiger partial charge in [0.25, 0.3) is 5.56 Å². The number of carbonyl (C=O) groups is 1. The highest BCUT2D eigenvalue weighted by Crippen LogP contribution is 2.36. The van der Waals surface area contributed by atoms with E-state index < -0.39 is 0 Å². The third-order valence-corrected chi connectivity index (χ3v) is 7.67. The molecular formula is C22H24ClN3O2S2. The Morgan fingerprint density at radius 3 is 2.87 bits per heavy atom. The van der Waals surface area contributed by atoms with Gasteiger partial charge in [0, 0.05) is 37.3 Å². The maximum absolute atomic E-state index is 12.7. The number of aromatic nitrogens is 1. The van der Waals surface area contributed by atoms with Gasteiger partial charge in [-0.3, -0.25) is 9.59 Å². The fourth-order valence-corrected chi connectivity index (χ4v) is 5.81. The Hall–Kier alpha value is -1.83. The summed E-state index contributed by atoms with van der Waals surface area (Å²) in [5.74, 6) is 0.564. The van der Waals surface area contributed by atoms with Crippen LogP contribution in [-0.2, 0) is 11.3 Å². The van der Waals surface area contributed by atoms with Gasteiger partial charge in [-0.2, -0.15) is 0 Å². The first-order valence-electron chi connectivity index (χ1n) is 10.0. The van der Waals surface area contributed by atoms with Gasteiger partial charge < -0.3 is 14.8 Å². The summed E-state index contributed by atoms with van der Waals surface area (Å²) in [4.78, 5) is 27.1. The highest BCUT2D eigenvalue weighted by Gasteiger charge is 2.35. The topological polar surface area (TPSA) is 54.3 Å². The van der Waals surface area contributed by atoms with Crippen molar-refractivity contribution in [1.82, 2.24) is 9.47 Å². The average molecular weight is 462 g/mol. The third-order valence-electron chi connectivity index (χ3n) is 5.76. The molecule has 1 N–H and O–H groups in total. The lowest BCUT2D eigenvalue weighted by atomic mass is 9.83. The summed E-state index contributed by atoms with van der Waals surface area (Å²) >= 11 is 13.3. The van der Waals surface area contributed by atoms with E-state index in [1.54, 1.807) is 12.1 Å². The minimum absolute atomic E-state index is 0.0766. The number of likely N-dealkylation sites (tertiary alicyclic amines) is 1. The summed E-state index contributed by atoms with van der Waals surface area (Å²) in [6.07, 6.45) is 1.08. The first-order valence-corrected chi connectivity index (χ1v) is 11.7. The lowest BCUT2D eigenvalue weighted by molar-refractivity contribution is -0.115. The van der Waals surface area contributed by atoms with E-state index in [4.69, 9.17) is 23.8 Å². The van der Waals surface area contributed by atoms with Crippen molar-refractivity contribution < 1.29 is 4.79 Å². The van der Waals surface area contributed by atoms with E-state index in [1.165, 1.54) is 11.8 Å². The molecule has 1 aromatic heterocycles. The molecule has 2 aliphatic rings. The highest BCUT2D eigenvalue weighted by atomic mass is 35.5. The number of aryl methyl sites for hydroxylation is 1. The van der Waals surface area contributed by atoms with Crippen molar-refractivity contribution in [2.75, 3.05) is 18.4 Å². The number of nitrogens with zero attached hydrogens (tertiary/aromatic N) is 2. The predicted molar refractivity (Wildman–Crippen MR) is 128 cm³/mol. The molecule has 158 valence electrons. The van der Waals surface area contributed by atoms with Crippen molar-refractivity contribution in [2.45, 2.75) is 38.0 Å². The average Bonchev–Trinajstić information content (AvgIpc) is 2.71. The Kier molecular flexibility index (Phi) is 6.23. The number of benzene rings is 1. The number of fused-ring (bicyclic) bond motifs is 4. The number of thioether (sulfide) groups is 1. The number of halogens is 1. The lowest BCUT2D eigenvalue weighted by Gasteiger charge is -2.43. The Morgan fingerprint density at radius 2 is 2.07 bits per heavy atom.